The number of carbonyl (C=O) groups excluding carboxylic acids is 1. The van der Waals surface area contributed by atoms with Gasteiger partial charge in [-0.1, -0.05) is 49.7 Å². The molecule has 0 spiro atoms. The Morgan fingerprint density at radius 1 is 0.946 bits per heavy atom. The molecule has 1 heterocycles. The van der Waals surface area contributed by atoms with E-state index < -0.39 is 6.03 Å². The number of methoxy groups -OCH3 is 2. The Morgan fingerprint density at radius 3 is 2.32 bits per heavy atom. The van der Waals surface area contributed by atoms with Crippen LogP contribution in [0, 0.1) is 6.92 Å². The standard InChI is InChI=1S/C29H30ClN3O4/c1-16(2)20-9-7-8-17(3)26(20)31-29(35)32-27-25(18-10-13-23(36-5)24(14-18)37-6)21-15-19(30)11-12-22(21)33(4)28(27)34/h7-16H,1-6H3,(H2,31,32,35). The van der Waals surface area contributed by atoms with Gasteiger partial charge in [0.15, 0.2) is 11.5 Å². The number of hydrogen-bond donors (Lipinski definition) is 2. The second-order valence-electron chi connectivity index (χ2n) is 9.12. The van der Waals surface area contributed by atoms with E-state index in [4.69, 9.17) is 21.1 Å². The smallest absolute Gasteiger partial charge is 0.323 e. The number of aromatic nitrogens is 1. The van der Waals surface area contributed by atoms with Crippen LogP contribution in [0.15, 0.2) is 59.4 Å². The first-order chi connectivity index (χ1) is 17.7. The zero-order chi connectivity index (χ0) is 26.9. The molecule has 4 aromatic rings. The van der Waals surface area contributed by atoms with Crippen molar-refractivity contribution in [2.24, 2.45) is 7.05 Å². The molecular formula is C29H30ClN3O4. The molecule has 0 unspecified atom stereocenters. The van der Waals surface area contributed by atoms with Gasteiger partial charge >= 0.3 is 6.03 Å². The van der Waals surface area contributed by atoms with Crippen LogP contribution in [0.25, 0.3) is 22.0 Å². The van der Waals surface area contributed by atoms with Gasteiger partial charge in [0, 0.05) is 28.7 Å². The Kier molecular flexibility index (Phi) is 7.45. The van der Waals surface area contributed by atoms with E-state index in [9.17, 15) is 9.59 Å². The quantitative estimate of drug-likeness (QED) is 0.289. The van der Waals surface area contributed by atoms with Gasteiger partial charge < -0.3 is 24.7 Å². The van der Waals surface area contributed by atoms with Crippen molar-refractivity contribution in [1.82, 2.24) is 4.57 Å². The second-order valence-corrected chi connectivity index (χ2v) is 9.55. The van der Waals surface area contributed by atoms with Crippen LogP contribution in [-0.2, 0) is 7.05 Å². The molecule has 2 N–H and O–H groups in total. The minimum Gasteiger partial charge on any atom is -0.493 e. The number of amides is 2. The maximum absolute atomic E-state index is 13.6. The SMILES string of the molecule is COc1ccc(-c2c(NC(=O)Nc3c(C)cccc3C(C)C)c(=O)n(C)c3ccc(Cl)cc23)cc1OC. The van der Waals surface area contributed by atoms with Gasteiger partial charge in [-0.15, -0.1) is 0 Å². The highest BCUT2D eigenvalue weighted by atomic mass is 35.5. The summed E-state index contributed by atoms with van der Waals surface area (Å²) in [6.45, 7) is 6.07. The van der Waals surface area contributed by atoms with E-state index in [1.165, 1.54) is 4.57 Å². The highest BCUT2D eigenvalue weighted by Gasteiger charge is 2.21. The van der Waals surface area contributed by atoms with E-state index in [0.29, 0.717) is 38.6 Å². The Hall–Kier alpha value is -3.97. The summed E-state index contributed by atoms with van der Waals surface area (Å²) >= 11 is 6.37. The lowest BCUT2D eigenvalue weighted by molar-refractivity contribution is 0.262. The van der Waals surface area contributed by atoms with Crippen molar-refractivity contribution in [3.63, 3.8) is 0 Å². The molecule has 0 saturated carbocycles. The molecule has 0 aliphatic rings. The van der Waals surface area contributed by atoms with Gasteiger partial charge in [-0.2, -0.15) is 0 Å². The van der Waals surface area contributed by atoms with Crippen molar-refractivity contribution in [1.29, 1.82) is 0 Å². The van der Waals surface area contributed by atoms with E-state index in [1.54, 1.807) is 51.6 Å². The Labute approximate surface area is 221 Å². The molecular weight excluding hydrogens is 490 g/mol. The highest BCUT2D eigenvalue weighted by molar-refractivity contribution is 6.31. The third-order valence-corrected chi connectivity index (χ3v) is 6.67. The van der Waals surface area contributed by atoms with Crippen molar-refractivity contribution in [2.75, 3.05) is 24.9 Å². The van der Waals surface area contributed by atoms with Crippen LogP contribution in [-0.4, -0.2) is 24.8 Å². The number of nitrogens with one attached hydrogen (secondary N) is 2. The molecule has 8 heteroatoms. The number of benzene rings is 3. The predicted molar refractivity (Wildman–Crippen MR) is 151 cm³/mol. The van der Waals surface area contributed by atoms with E-state index in [1.807, 2.05) is 31.2 Å². The summed E-state index contributed by atoms with van der Waals surface area (Å²) < 4.78 is 12.4. The lowest BCUT2D eigenvalue weighted by Crippen LogP contribution is -2.29. The number of halogens is 1. The largest absolute Gasteiger partial charge is 0.493 e. The molecule has 192 valence electrons. The number of ether oxygens (including phenoxy) is 2. The molecule has 0 bridgehead atoms. The average Bonchev–Trinajstić information content (AvgIpc) is 2.87. The maximum Gasteiger partial charge on any atom is 0.323 e. The average molecular weight is 520 g/mol. The number of aryl methyl sites for hydroxylation is 2. The third kappa shape index (κ3) is 5.00. The minimum atomic E-state index is -0.517. The van der Waals surface area contributed by atoms with Crippen LogP contribution in [0.1, 0.15) is 30.9 Å². The van der Waals surface area contributed by atoms with Crippen LogP contribution >= 0.6 is 11.6 Å². The van der Waals surface area contributed by atoms with Gasteiger partial charge in [0.05, 0.1) is 19.7 Å². The van der Waals surface area contributed by atoms with Gasteiger partial charge in [0.1, 0.15) is 5.69 Å². The number of nitrogens with zero attached hydrogens (tertiary/aromatic N) is 1. The Balaban J connectivity index is 1.91. The van der Waals surface area contributed by atoms with Crippen molar-refractivity contribution in [3.8, 4) is 22.6 Å². The predicted octanol–water partition coefficient (Wildman–Crippen LogP) is 6.95. The van der Waals surface area contributed by atoms with E-state index in [0.717, 1.165) is 16.8 Å². The summed E-state index contributed by atoms with van der Waals surface area (Å²) in [6, 6.07) is 16.0. The molecule has 0 aliphatic carbocycles. The zero-order valence-electron chi connectivity index (χ0n) is 21.7. The van der Waals surface area contributed by atoms with E-state index in [-0.39, 0.29) is 17.2 Å². The molecule has 7 nitrogen and oxygen atoms in total. The summed E-state index contributed by atoms with van der Waals surface area (Å²) in [5.41, 5.74) is 4.30. The fourth-order valence-electron chi connectivity index (χ4n) is 4.53. The number of pyridine rings is 1. The molecule has 2 amide bonds. The van der Waals surface area contributed by atoms with E-state index in [2.05, 4.69) is 24.5 Å². The number of fused-ring (bicyclic) bond motifs is 1. The van der Waals surface area contributed by atoms with Gasteiger partial charge in [-0.05, 0) is 59.9 Å². The molecule has 3 aromatic carbocycles. The zero-order valence-corrected chi connectivity index (χ0v) is 22.5. The second kappa shape index (κ2) is 10.6. The van der Waals surface area contributed by atoms with Crippen molar-refractivity contribution < 1.29 is 14.3 Å². The molecule has 0 atom stereocenters. The molecule has 0 radical (unpaired) electrons. The van der Waals surface area contributed by atoms with Crippen molar-refractivity contribution >= 4 is 39.9 Å². The number of para-hydroxylation sites is 1. The fraction of sp³-hybridized carbons (Fsp3) is 0.241. The summed E-state index contributed by atoms with van der Waals surface area (Å²) in [7, 11) is 4.76. The first-order valence-corrected chi connectivity index (χ1v) is 12.3. The number of rotatable bonds is 6. The monoisotopic (exact) mass is 519 g/mol. The van der Waals surface area contributed by atoms with Gasteiger partial charge in [-0.3, -0.25) is 4.79 Å². The third-order valence-electron chi connectivity index (χ3n) is 6.43. The molecule has 0 saturated heterocycles. The van der Waals surface area contributed by atoms with Crippen LogP contribution in [0.4, 0.5) is 16.2 Å². The topological polar surface area (TPSA) is 81.6 Å². The number of urea groups is 1. The van der Waals surface area contributed by atoms with Gasteiger partial charge in [0.2, 0.25) is 0 Å². The van der Waals surface area contributed by atoms with Crippen LogP contribution in [0.5, 0.6) is 11.5 Å². The Morgan fingerprint density at radius 2 is 1.65 bits per heavy atom. The minimum absolute atomic E-state index is 0.127. The van der Waals surface area contributed by atoms with Gasteiger partial charge in [-0.25, -0.2) is 4.79 Å². The maximum atomic E-state index is 13.6. The van der Waals surface area contributed by atoms with Crippen LogP contribution in [0.3, 0.4) is 0 Å². The normalized spacial score (nSPS) is 11.0. The number of carbonyl (C=O) groups is 1. The highest BCUT2D eigenvalue weighted by Crippen LogP contribution is 2.39. The van der Waals surface area contributed by atoms with Crippen molar-refractivity contribution in [3.05, 3.63) is 81.1 Å². The summed E-state index contributed by atoms with van der Waals surface area (Å²) in [6.07, 6.45) is 0. The summed E-state index contributed by atoms with van der Waals surface area (Å²) in [5, 5.41) is 7.01. The summed E-state index contributed by atoms with van der Waals surface area (Å²) in [4.78, 5) is 26.9. The first-order valence-electron chi connectivity index (χ1n) is 11.9. The summed E-state index contributed by atoms with van der Waals surface area (Å²) in [5.74, 6) is 1.24. The van der Waals surface area contributed by atoms with Crippen LogP contribution in [0.2, 0.25) is 5.02 Å². The Bertz CT molecular complexity index is 1560. The molecule has 1 aromatic heterocycles. The van der Waals surface area contributed by atoms with Crippen molar-refractivity contribution in [2.45, 2.75) is 26.7 Å². The van der Waals surface area contributed by atoms with Crippen LogP contribution < -0.4 is 25.7 Å². The molecule has 0 aliphatic heterocycles. The molecule has 4 rings (SSSR count). The fourth-order valence-corrected chi connectivity index (χ4v) is 4.70. The number of hydrogen-bond acceptors (Lipinski definition) is 4. The first kappa shape index (κ1) is 26.1. The molecule has 37 heavy (non-hydrogen) atoms. The lowest BCUT2D eigenvalue weighted by Gasteiger charge is -2.20. The van der Waals surface area contributed by atoms with E-state index >= 15 is 0 Å². The lowest BCUT2D eigenvalue weighted by atomic mass is 9.98. The van der Waals surface area contributed by atoms with Gasteiger partial charge in [0.25, 0.3) is 5.56 Å². The molecule has 0 fully saturated rings. The number of anilines is 2.